The third-order valence-electron chi connectivity index (χ3n) is 3.38. The van der Waals surface area contributed by atoms with Crippen LogP contribution in [-0.2, 0) is 9.53 Å². The highest BCUT2D eigenvalue weighted by atomic mass is 16.5. The molecule has 0 heterocycles. The van der Waals surface area contributed by atoms with E-state index in [-0.39, 0.29) is 5.97 Å². The van der Waals surface area contributed by atoms with Crippen molar-refractivity contribution < 1.29 is 9.53 Å². The van der Waals surface area contributed by atoms with Crippen molar-refractivity contribution in [2.24, 2.45) is 5.92 Å². The van der Waals surface area contributed by atoms with E-state index in [1.54, 1.807) is 0 Å². The van der Waals surface area contributed by atoms with Crippen LogP contribution in [0.5, 0.6) is 0 Å². The zero-order chi connectivity index (χ0) is 11.6. The summed E-state index contributed by atoms with van der Waals surface area (Å²) >= 11 is 0. The van der Waals surface area contributed by atoms with E-state index >= 15 is 0 Å². The highest BCUT2D eigenvalue weighted by Crippen LogP contribution is 2.27. The van der Waals surface area contributed by atoms with Crippen molar-refractivity contribution in [3.63, 3.8) is 0 Å². The Hall–Kier alpha value is -0.530. The molecule has 0 spiro atoms. The van der Waals surface area contributed by atoms with Gasteiger partial charge < -0.3 is 4.74 Å². The second-order valence-corrected chi connectivity index (χ2v) is 4.82. The van der Waals surface area contributed by atoms with Crippen molar-refractivity contribution in [1.29, 1.82) is 0 Å². The number of rotatable bonds is 7. The van der Waals surface area contributed by atoms with E-state index in [1.165, 1.54) is 38.5 Å². The fraction of sp³-hybridized carbons (Fsp3) is 0.857. The highest BCUT2D eigenvalue weighted by Gasteiger charge is 2.12. The van der Waals surface area contributed by atoms with Crippen LogP contribution in [-0.4, -0.2) is 12.6 Å². The van der Waals surface area contributed by atoms with Gasteiger partial charge in [0.2, 0.25) is 0 Å². The lowest BCUT2D eigenvalue weighted by Crippen LogP contribution is -2.09. The zero-order valence-corrected chi connectivity index (χ0v) is 10.4. The quantitative estimate of drug-likeness (QED) is 0.485. The summed E-state index contributed by atoms with van der Waals surface area (Å²) in [6, 6.07) is 0. The van der Waals surface area contributed by atoms with Gasteiger partial charge in [0.15, 0.2) is 0 Å². The Balaban J connectivity index is 1.92. The van der Waals surface area contributed by atoms with Gasteiger partial charge in [-0.1, -0.05) is 45.4 Å². The molecule has 0 atom stereocenters. The summed E-state index contributed by atoms with van der Waals surface area (Å²) in [6.07, 6.45) is 11.5. The van der Waals surface area contributed by atoms with E-state index in [9.17, 15) is 4.79 Å². The minimum Gasteiger partial charge on any atom is -0.466 e. The summed E-state index contributed by atoms with van der Waals surface area (Å²) in [5.41, 5.74) is 0. The molecule has 2 nitrogen and oxygen atoms in total. The molecular formula is C14H25O2. The molecule has 93 valence electrons. The molecule has 0 N–H and O–H groups in total. The zero-order valence-electron chi connectivity index (χ0n) is 10.4. The van der Waals surface area contributed by atoms with Gasteiger partial charge in [-0.05, 0) is 25.2 Å². The lowest BCUT2D eigenvalue weighted by Gasteiger charge is -2.21. The number of hydrogen-bond donors (Lipinski definition) is 0. The number of carbonyl (C=O) groups excluding carboxylic acids is 1. The first-order valence-electron chi connectivity index (χ1n) is 6.78. The molecule has 2 heteroatoms. The molecule has 0 saturated heterocycles. The predicted octanol–water partition coefficient (Wildman–Crippen LogP) is 3.89. The number of ether oxygens (including phenoxy) is 1. The van der Waals surface area contributed by atoms with Crippen molar-refractivity contribution in [2.45, 2.75) is 64.2 Å². The van der Waals surface area contributed by atoms with Gasteiger partial charge in [-0.25, -0.2) is 0 Å². The smallest absolute Gasteiger partial charge is 0.305 e. The van der Waals surface area contributed by atoms with Crippen molar-refractivity contribution >= 4 is 5.97 Å². The third kappa shape index (κ3) is 6.14. The van der Waals surface area contributed by atoms with Gasteiger partial charge in [-0.2, -0.15) is 0 Å². The van der Waals surface area contributed by atoms with Gasteiger partial charge >= 0.3 is 5.97 Å². The first-order valence-corrected chi connectivity index (χ1v) is 6.78. The normalized spacial score (nSPS) is 17.3. The molecule has 0 aromatic heterocycles. The Morgan fingerprint density at radius 1 is 1.19 bits per heavy atom. The average Bonchev–Trinajstić information content (AvgIpc) is 2.33. The van der Waals surface area contributed by atoms with E-state index in [4.69, 9.17) is 4.74 Å². The number of esters is 1. The average molecular weight is 225 g/mol. The second kappa shape index (κ2) is 8.60. The fourth-order valence-electron chi connectivity index (χ4n) is 2.38. The Morgan fingerprint density at radius 2 is 1.94 bits per heavy atom. The monoisotopic (exact) mass is 225 g/mol. The summed E-state index contributed by atoms with van der Waals surface area (Å²) < 4.78 is 5.17. The molecule has 0 aromatic rings. The standard InChI is InChI=1S/C14H25O2/c1-2-3-11-14(15)16-12-7-10-13-8-5-4-6-9-13/h13H,1-12H2. The van der Waals surface area contributed by atoms with Gasteiger partial charge in [0.25, 0.3) is 0 Å². The van der Waals surface area contributed by atoms with Gasteiger partial charge in [0.1, 0.15) is 0 Å². The molecular weight excluding hydrogens is 200 g/mol. The van der Waals surface area contributed by atoms with Crippen molar-refractivity contribution in [3.05, 3.63) is 6.92 Å². The maximum absolute atomic E-state index is 11.2. The van der Waals surface area contributed by atoms with Crippen LogP contribution in [0.4, 0.5) is 0 Å². The molecule has 1 saturated carbocycles. The highest BCUT2D eigenvalue weighted by molar-refractivity contribution is 5.69. The molecule has 1 aliphatic carbocycles. The van der Waals surface area contributed by atoms with Crippen LogP contribution >= 0.6 is 0 Å². The van der Waals surface area contributed by atoms with Crippen LogP contribution < -0.4 is 0 Å². The van der Waals surface area contributed by atoms with Gasteiger partial charge in [-0.3, -0.25) is 4.79 Å². The molecule has 0 aromatic carbocycles. The molecule has 16 heavy (non-hydrogen) atoms. The largest absolute Gasteiger partial charge is 0.466 e. The molecule has 0 bridgehead atoms. The van der Waals surface area contributed by atoms with E-state index in [0.29, 0.717) is 13.0 Å². The maximum Gasteiger partial charge on any atom is 0.305 e. The Labute approximate surface area is 99.8 Å². The van der Waals surface area contributed by atoms with Gasteiger partial charge in [-0.15, -0.1) is 0 Å². The molecule has 1 fully saturated rings. The predicted molar refractivity (Wildman–Crippen MR) is 66.0 cm³/mol. The molecule has 1 aliphatic rings. The van der Waals surface area contributed by atoms with Crippen molar-refractivity contribution in [3.8, 4) is 0 Å². The van der Waals surface area contributed by atoms with Crippen LogP contribution in [0.25, 0.3) is 0 Å². The van der Waals surface area contributed by atoms with Crippen LogP contribution in [0.15, 0.2) is 0 Å². The summed E-state index contributed by atoms with van der Waals surface area (Å²) in [6.45, 7) is 4.33. The van der Waals surface area contributed by atoms with Crippen molar-refractivity contribution in [2.75, 3.05) is 6.61 Å². The number of carbonyl (C=O) groups is 1. The van der Waals surface area contributed by atoms with Crippen LogP contribution in [0.3, 0.4) is 0 Å². The molecule has 0 amide bonds. The lowest BCUT2D eigenvalue weighted by molar-refractivity contribution is -0.143. The SMILES string of the molecule is [CH2]CCCC(=O)OCCCC1CCCCC1. The minimum atomic E-state index is -0.0488. The van der Waals surface area contributed by atoms with Crippen LogP contribution in [0.2, 0.25) is 0 Å². The molecule has 1 radical (unpaired) electrons. The molecule has 0 unspecified atom stereocenters. The number of hydrogen-bond acceptors (Lipinski definition) is 2. The second-order valence-electron chi connectivity index (χ2n) is 4.82. The summed E-state index contributed by atoms with van der Waals surface area (Å²) in [7, 11) is 0. The van der Waals surface area contributed by atoms with E-state index in [1.807, 2.05) is 0 Å². The fourth-order valence-corrected chi connectivity index (χ4v) is 2.38. The maximum atomic E-state index is 11.2. The van der Waals surface area contributed by atoms with Crippen LogP contribution in [0, 0.1) is 12.8 Å². The summed E-state index contributed by atoms with van der Waals surface area (Å²) in [5.74, 6) is 0.847. The first-order chi connectivity index (χ1) is 7.83. The summed E-state index contributed by atoms with van der Waals surface area (Å²) in [5, 5.41) is 0. The lowest BCUT2D eigenvalue weighted by atomic mass is 9.86. The Kier molecular flexibility index (Phi) is 7.28. The van der Waals surface area contributed by atoms with E-state index in [2.05, 4.69) is 6.92 Å². The van der Waals surface area contributed by atoms with E-state index in [0.717, 1.165) is 25.2 Å². The van der Waals surface area contributed by atoms with Crippen molar-refractivity contribution in [1.82, 2.24) is 0 Å². The topological polar surface area (TPSA) is 26.3 Å². The third-order valence-corrected chi connectivity index (χ3v) is 3.38. The molecule has 1 rings (SSSR count). The summed E-state index contributed by atoms with van der Waals surface area (Å²) in [4.78, 5) is 11.2. The Bertz CT molecular complexity index is 183. The number of unbranched alkanes of at least 4 members (excludes halogenated alkanes) is 1. The van der Waals surface area contributed by atoms with Gasteiger partial charge in [0.05, 0.1) is 6.61 Å². The van der Waals surface area contributed by atoms with Gasteiger partial charge in [0, 0.05) is 6.42 Å². The minimum absolute atomic E-state index is 0.0488. The Morgan fingerprint density at radius 3 is 2.62 bits per heavy atom. The van der Waals surface area contributed by atoms with E-state index < -0.39 is 0 Å². The molecule has 0 aliphatic heterocycles. The first kappa shape index (κ1) is 13.5. The van der Waals surface area contributed by atoms with Crippen LogP contribution in [0.1, 0.15) is 64.2 Å².